The van der Waals surface area contributed by atoms with E-state index in [-0.39, 0.29) is 0 Å². The maximum absolute atomic E-state index is 11.2. The van der Waals surface area contributed by atoms with Crippen molar-refractivity contribution in [3.8, 4) is 0 Å². The van der Waals surface area contributed by atoms with Crippen molar-refractivity contribution < 1.29 is 31.9 Å². The van der Waals surface area contributed by atoms with Crippen LogP contribution in [0.1, 0.15) is 0 Å². The molecule has 0 N–H and O–H groups in total. The van der Waals surface area contributed by atoms with E-state index in [1.54, 1.807) is 0 Å². The van der Waals surface area contributed by atoms with Crippen LogP contribution in [0.2, 0.25) is 0 Å². The SMILES string of the molecule is COC(=O)C(=O)C(F)F.O=c1occo1. The highest BCUT2D eigenvalue weighted by molar-refractivity contribution is 6.34. The Kier molecular flexibility index (Phi) is 5.60. The zero-order chi connectivity index (χ0) is 11.8. The largest absolute Gasteiger partial charge is 0.518 e. The molecule has 0 saturated carbocycles. The second-order valence-corrected chi connectivity index (χ2v) is 1.91. The van der Waals surface area contributed by atoms with E-state index in [2.05, 4.69) is 13.6 Å². The summed E-state index contributed by atoms with van der Waals surface area (Å²) in [5.41, 5.74) is 0. The number of ether oxygens (including phenoxy) is 1. The van der Waals surface area contributed by atoms with E-state index in [1.165, 1.54) is 12.5 Å². The van der Waals surface area contributed by atoms with Crippen LogP contribution < -0.4 is 5.82 Å². The van der Waals surface area contributed by atoms with Crippen LogP contribution in [0.4, 0.5) is 8.78 Å². The molecule has 0 fully saturated rings. The Labute approximate surface area is 81.4 Å². The Balaban J connectivity index is 0.000000280. The molecule has 8 heteroatoms. The first kappa shape index (κ1) is 13.0. The van der Waals surface area contributed by atoms with Crippen LogP contribution in [-0.4, -0.2) is 25.3 Å². The van der Waals surface area contributed by atoms with Gasteiger partial charge in [0.25, 0.3) is 0 Å². The maximum Gasteiger partial charge on any atom is 0.518 e. The second-order valence-electron chi connectivity index (χ2n) is 1.91. The fourth-order valence-electron chi connectivity index (χ4n) is 0.384. The number of hydrogen-bond donors (Lipinski definition) is 0. The van der Waals surface area contributed by atoms with E-state index < -0.39 is 24.0 Å². The fraction of sp³-hybridized carbons (Fsp3) is 0.286. The van der Waals surface area contributed by atoms with Crippen molar-refractivity contribution in [2.24, 2.45) is 0 Å². The molecule has 6 nitrogen and oxygen atoms in total. The van der Waals surface area contributed by atoms with Gasteiger partial charge in [0.1, 0.15) is 12.5 Å². The summed E-state index contributed by atoms with van der Waals surface area (Å²) in [5.74, 6) is -3.97. The Morgan fingerprint density at radius 1 is 1.33 bits per heavy atom. The fourth-order valence-corrected chi connectivity index (χ4v) is 0.384. The summed E-state index contributed by atoms with van der Waals surface area (Å²) in [6.45, 7) is 0. The third-order valence-electron chi connectivity index (χ3n) is 0.969. The van der Waals surface area contributed by atoms with E-state index in [9.17, 15) is 23.2 Å². The second kappa shape index (κ2) is 6.46. The third kappa shape index (κ3) is 5.34. The molecule has 15 heavy (non-hydrogen) atoms. The first-order valence-corrected chi connectivity index (χ1v) is 3.41. The van der Waals surface area contributed by atoms with Gasteiger partial charge in [0, 0.05) is 0 Å². The van der Waals surface area contributed by atoms with Crippen LogP contribution in [-0.2, 0) is 14.3 Å². The van der Waals surface area contributed by atoms with Crippen molar-refractivity contribution in [1.82, 2.24) is 0 Å². The molecule has 0 bridgehead atoms. The number of Topliss-reactive ketones (excluding diaryl/α,β-unsaturated/α-hetero) is 1. The first-order chi connectivity index (χ1) is 6.99. The van der Waals surface area contributed by atoms with Crippen molar-refractivity contribution in [3.05, 3.63) is 23.1 Å². The topological polar surface area (TPSA) is 86.7 Å². The quantitative estimate of drug-likeness (QED) is 0.527. The molecule has 1 heterocycles. The minimum absolute atomic E-state index is 0.657. The van der Waals surface area contributed by atoms with Crippen molar-refractivity contribution in [2.75, 3.05) is 7.11 Å². The van der Waals surface area contributed by atoms with Crippen LogP contribution in [0.3, 0.4) is 0 Å². The van der Waals surface area contributed by atoms with Gasteiger partial charge < -0.3 is 13.6 Å². The Bertz CT molecular complexity index is 349. The number of halogens is 2. The smallest absolute Gasteiger partial charge is 0.463 e. The Hall–Kier alpha value is -1.99. The number of esters is 1. The lowest BCUT2D eigenvalue weighted by atomic mass is 10.4. The van der Waals surface area contributed by atoms with Gasteiger partial charge in [0.2, 0.25) is 0 Å². The molecular weight excluding hydrogens is 218 g/mol. The summed E-state index contributed by atoms with van der Waals surface area (Å²) in [7, 11) is 0.864. The number of rotatable bonds is 2. The normalized spacial score (nSPS) is 9.07. The average molecular weight is 224 g/mol. The van der Waals surface area contributed by atoms with Crippen molar-refractivity contribution in [2.45, 2.75) is 6.43 Å². The lowest BCUT2D eigenvalue weighted by Crippen LogP contribution is -2.22. The number of carbonyl (C=O) groups is 2. The highest BCUT2D eigenvalue weighted by Crippen LogP contribution is 1.94. The van der Waals surface area contributed by atoms with Crippen LogP contribution in [0.25, 0.3) is 0 Å². The minimum Gasteiger partial charge on any atom is -0.463 e. The summed E-state index contributed by atoms with van der Waals surface area (Å²) in [6.07, 6.45) is -0.901. The van der Waals surface area contributed by atoms with Gasteiger partial charge in [-0.1, -0.05) is 0 Å². The van der Waals surface area contributed by atoms with Gasteiger partial charge in [-0.3, -0.25) is 4.79 Å². The molecule has 1 aromatic rings. The highest BCUT2D eigenvalue weighted by atomic mass is 19.3. The summed E-state index contributed by atoms with van der Waals surface area (Å²) in [4.78, 5) is 29.5. The van der Waals surface area contributed by atoms with Gasteiger partial charge in [-0.25, -0.2) is 18.4 Å². The van der Waals surface area contributed by atoms with Gasteiger partial charge in [0.05, 0.1) is 7.11 Å². The molecule has 0 aromatic carbocycles. The molecule has 0 amide bonds. The van der Waals surface area contributed by atoms with E-state index in [4.69, 9.17) is 0 Å². The first-order valence-electron chi connectivity index (χ1n) is 3.41. The summed E-state index contributed by atoms with van der Waals surface area (Å²) >= 11 is 0. The standard InChI is InChI=1S/C4H4F2O3.C3H2O3/c1-9-4(8)2(7)3(5)6;4-3-5-1-2-6-3/h3H,1H3;1-2H. The molecule has 1 aromatic heterocycles. The molecule has 0 unspecified atom stereocenters. The maximum atomic E-state index is 11.2. The van der Waals surface area contributed by atoms with E-state index in [0.717, 1.165) is 7.11 Å². The van der Waals surface area contributed by atoms with E-state index in [1.807, 2.05) is 0 Å². The molecule has 0 atom stereocenters. The van der Waals surface area contributed by atoms with Crippen molar-refractivity contribution in [3.63, 3.8) is 0 Å². The third-order valence-corrected chi connectivity index (χ3v) is 0.969. The Morgan fingerprint density at radius 3 is 1.93 bits per heavy atom. The minimum atomic E-state index is -3.27. The Morgan fingerprint density at radius 2 is 1.80 bits per heavy atom. The predicted molar refractivity (Wildman–Crippen MR) is 40.3 cm³/mol. The summed E-state index contributed by atoms with van der Waals surface area (Å²) < 4.78 is 34.4. The lowest BCUT2D eigenvalue weighted by molar-refractivity contribution is -0.156. The average Bonchev–Trinajstić information content (AvgIpc) is 2.67. The highest BCUT2D eigenvalue weighted by Gasteiger charge is 2.24. The monoisotopic (exact) mass is 224 g/mol. The van der Waals surface area contributed by atoms with Crippen molar-refractivity contribution >= 4 is 11.8 Å². The number of ketones is 1. The van der Waals surface area contributed by atoms with Gasteiger partial charge in [0.15, 0.2) is 0 Å². The molecule has 0 spiro atoms. The summed E-state index contributed by atoms with van der Waals surface area (Å²) in [6, 6.07) is 0. The van der Waals surface area contributed by atoms with Crippen LogP contribution in [0.5, 0.6) is 0 Å². The molecule has 0 saturated heterocycles. The number of alkyl halides is 2. The molecule has 1 rings (SSSR count). The number of hydrogen-bond acceptors (Lipinski definition) is 6. The van der Waals surface area contributed by atoms with Crippen molar-refractivity contribution in [1.29, 1.82) is 0 Å². The molecule has 0 aliphatic carbocycles. The van der Waals surface area contributed by atoms with E-state index >= 15 is 0 Å². The predicted octanol–water partition coefficient (Wildman–Crippen LogP) is 0.226. The lowest BCUT2D eigenvalue weighted by Gasteiger charge is -1.93. The molecule has 0 aliphatic heterocycles. The van der Waals surface area contributed by atoms with Crippen LogP contribution in [0, 0.1) is 0 Å². The number of methoxy groups -OCH3 is 1. The van der Waals surface area contributed by atoms with Crippen LogP contribution in [0.15, 0.2) is 26.2 Å². The zero-order valence-corrected chi connectivity index (χ0v) is 7.44. The molecule has 0 aliphatic rings. The molecule has 0 radical (unpaired) electrons. The molecule has 84 valence electrons. The zero-order valence-electron chi connectivity index (χ0n) is 7.44. The summed E-state index contributed by atoms with van der Waals surface area (Å²) in [5, 5.41) is 0. The van der Waals surface area contributed by atoms with Crippen LogP contribution >= 0.6 is 0 Å². The van der Waals surface area contributed by atoms with Gasteiger partial charge in [-0.05, 0) is 0 Å². The van der Waals surface area contributed by atoms with Gasteiger partial charge >= 0.3 is 24.0 Å². The number of carbonyl (C=O) groups excluding carboxylic acids is 2. The van der Waals surface area contributed by atoms with Gasteiger partial charge in [-0.2, -0.15) is 0 Å². The van der Waals surface area contributed by atoms with Gasteiger partial charge in [-0.15, -0.1) is 0 Å². The van der Waals surface area contributed by atoms with E-state index in [0.29, 0.717) is 0 Å². The molecular formula is C7H6F2O6.